The Morgan fingerprint density at radius 2 is 1.83 bits per heavy atom. The fourth-order valence-electron chi connectivity index (χ4n) is 6.88. The summed E-state index contributed by atoms with van der Waals surface area (Å²) in [5.41, 5.74) is 5.43. The lowest BCUT2D eigenvalue weighted by Crippen LogP contribution is -2.56. The second-order valence-electron chi connectivity index (χ2n) is 12.8. The molecule has 1 N–H and O–H groups in total. The van der Waals surface area contributed by atoms with Crippen molar-refractivity contribution in [1.82, 2.24) is 18.9 Å². The van der Waals surface area contributed by atoms with Crippen LogP contribution in [0.25, 0.3) is 16.6 Å². The highest BCUT2D eigenvalue weighted by Gasteiger charge is 2.41. The summed E-state index contributed by atoms with van der Waals surface area (Å²) in [7, 11) is 2.12. The number of amides is 1. The first-order valence-electron chi connectivity index (χ1n) is 14.8. The summed E-state index contributed by atoms with van der Waals surface area (Å²) >= 11 is 0. The van der Waals surface area contributed by atoms with Crippen LogP contribution in [0.4, 0.5) is 4.79 Å². The molecule has 2 aromatic heterocycles. The van der Waals surface area contributed by atoms with E-state index in [1.165, 1.54) is 16.6 Å². The van der Waals surface area contributed by atoms with Crippen LogP contribution in [-0.2, 0) is 26.6 Å². The molecule has 2 unspecified atom stereocenters. The summed E-state index contributed by atoms with van der Waals surface area (Å²) < 4.78 is 9.80. The molecular formula is C34H40N4O4. The molecule has 42 heavy (non-hydrogen) atoms. The summed E-state index contributed by atoms with van der Waals surface area (Å²) in [4.78, 5) is 29.2. The second kappa shape index (κ2) is 11.0. The summed E-state index contributed by atoms with van der Waals surface area (Å²) in [6.45, 7) is 9.24. The van der Waals surface area contributed by atoms with Crippen molar-refractivity contribution < 1.29 is 14.6 Å². The van der Waals surface area contributed by atoms with Crippen molar-refractivity contribution in [1.29, 1.82) is 0 Å². The second-order valence-corrected chi connectivity index (χ2v) is 12.8. The Kier molecular flexibility index (Phi) is 7.35. The molecule has 2 atom stereocenters. The number of ether oxygens (including phenoxy) is 1. The lowest BCUT2D eigenvalue weighted by molar-refractivity contribution is 0.0161. The van der Waals surface area contributed by atoms with Crippen molar-refractivity contribution in [3.63, 3.8) is 0 Å². The fraction of sp³-hybridized carbons (Fsp3) is 0.412. The number of rotatable bonds is 5. The number of aryl methyl sites for hydroxylation is 1. The molecule has 2 aliphatic heterocycles. The molecule has 2 aromatic carbocycles. The quantitative estimate of drug-likeness (QED) is 0.328. The van der Waals surface area contributed by atoms with Crippen LogP contribution in [0.2, 0.25) is 0 Å². The number of carbonyl (C=O) groups is 1. The number of benzene rings is 2. The minimum absolute atomic E-state index is 0.00124. The Morgan fingerprint density at radius 3 is 2.55 bits per heavy atom. The van der Waals surface area contributed by atoms with Crippen LogP contribution < -0.4 is 10.3 Å². The first kappa shape index (κ1) is 28.1. The van der Waals surface area contributed by atoms with Gasteiger partial charge in [-0.25, -0.2) is 4.79 Å². The maximum absolute atomic E-state index is 13.1. The minimum atomic E-state index is -0.812. The summed E-state index contributed by atoms with van der Waals surface area (Å²) in [6.07, 6.45) is 3.63. The molecule has 8 nitrogen and oxygen atoms in total. The van der Waals surface area contributed by atoms with Gasteiger partial charge in [-0.15, -0.1) is 0 Å². The molecule has 2 aliphatic rings. The predicted molar refractivity (Wildman–Crippen MR) is 164 cm³/mol. The molecule has 0 saturated carbocycles. The Hall–Kier alpha value is -4.04. The monoisotopic (exact) mass is 568 g/mol. The van der Waals surface area contributed by atoms with Crippen molar-refractivity contribution >= 4 is 17.0 Å². The van der Waals surface area contributed by atoms with Crippen LogP contribution in [0.3, 0.4) is 0 Å². The van der Waals surface area contributed by atoms with E-state index in [1.807, 2.05) is 42.5 Å². The van der Waals surface area contributed by atoms with Crippen LogP contribution in [0, 0.1) is 5.41 Å². The molecule has 1 amide bonds. The SMILES string of the molecule is Cn1c2c(c3ccc(-n4ccc(OCc5ccccc5)cc4=O)cc31)CN(C1CCN(C(=O)O)C(C(C)(C)C)C1)CC2. The number of pyridine rings is 1. The number of hydrogen-bond donors (Lipinski definition) is 1. The molecule has 4 heterocycles. The molecule has 4 aromatic rings. The molecule has 1 fully saturated rings. The van der Waals surface area contributed by atoms with Crippen molar-refractivity contribution in [2.45, 2.75) is 65.3 Å². The van der Waals surface area contributed by atoms with Gasteiger partial charge in [-0.2, -0.15) is 0 Å². The van der Waals surface area contributed by atoms with Gasteiger partial charge in [0, 0.05) is 68.5 Å². The zero-order valence-electron chi connectivity index (χ0n) is 24.9. The number of fused-ring (bicyclic) bond motifs is 3. The van der Waals surface area contributed by atoms with Gasteiger partial charge in [0.25, 0.3) is 5.56 Å². The average molecular weight is 569 g/mol. The molecule has 0 aliphatic carbocycles. The maximum Gasteiger partial charge on any atom is 0.407 e. The van der Waals surface area contributed by atoms with Crippen molar-refractivity contribution in [2.75, 3.05) is 13.1 Å². The van der Waals surface area contributed by atoms with Crippen LogP contribution in [0.1, 0.15) is 50.4 Å². The molecule has 1 saturated heterocycles. The highest BCUT2D eigenvalue weighted by Crippen LogP contribution is 2.37. The first-order valence-corrected chi connectivity index (χ1v) is 14.8. The van der Waals surface area contributed by atoms with Gasteiger partial charge in [-0.05, 0) is 47.6 Å². The summed E-state index contributed by atoms with van der Waals surface area (Å²) in [5, 5.41) is 11.0. The van der Waals surface area contributed by atoms with E-state index in [0.29, 0.717) is 24.9 Å². The van der Waals surface area contributed by atoms with E-state index in [-0.39, 0.29) is 17.0 Å². The first-order chi connectivity index (χ1) is 20.1. The smallest absolute Gasteiger partial charge is 0.407 e. The number of aromatic nitrogens is 2. The van der Waals surface area contributed by atoms with Crippen molar-refractivity contribution in [3.05, 3.63) is 94.0 Å². The van der Waals surface area contributed by atoms with E-state index >= 15 is 0 Å². The summed E-state index contributed by atoms with van der Waals surface area (Å²) in [6, 6.07) is 19.9. The highest BCUT2D eigenvalue weighted by atomic mass is 16.5. The molecule has 8 heteroatoms. The standard InChI is InChI=1S/C34H40N4O4/c1-34(2,3)31-19-24(12-16-38(31)33(40)41)36-15-14-29-28(21-36)27-11-10-25(18-30(27)35(29)4)37-17-13-26(20-32(37)39)42-22-23-8-6-5-7-9-23/h5-11,13,17-18,20,24,31H,12,14-16,19,21-22H2,1-4H3,(H,40,41). The largest absolute Gasteiger partial charge is 0.489 e. The normalized spacial score (nSPS) is 19.6. The average Bonchev–Trinajstić information content (AvgIpc) is 3.26. The zero-order chi connectivity index (χ0) is 29.6. The molecule has 0 spiro atoms. The number of carboxylic acid groups (broad SMARTS) is 1. The topological polar surface area (TPSA) is 79.9 Å². The number of likely N-dealkylation sites (tertiary alicyclic amines) is 1. The Labute approximate surface area is 246 Å². The third kappa shape index (κ3) is 5.31. The van der Waals surface area contributed by atoms with Gasteiger partial charge in [0.15, 0.2) is 0 Å². The van der Waals surface area contributed by atoms with Gasteiger partial charge in [0.05, 0.1) is 11.2 Å². The molecule has 0 radical (unpaired) electrons. The van der Waals surface area contributed by atoms with E-state index in [4.69, 9.17) is 4.74 Å². The van der Waals surface area contributed by atoms with Gasteiger partial charge in [-0.3, -0.25) is 14.3 Å². The van der Waals surface area contributed by atoms with Gasteiger partial charge < -0.3 is 19.3 Å². The third-order valence-electron chi connectivity index (χ3n) is 9.17. The van der Waals surface area contributed by atoms with E-state index in [9.17, 15) is 14.7 Å². The van der Waals surface area contributed by atoms with Gasteiger partial charge in [0.1, 0.15) is 12.4 Å². The lowest BCUT2D eigenvalue weighted by atomic mass is 9.78. The molecule has 6 rings (SSSR count). The van der Waals surface area contributed by atoms with Crippen LogP contribution in [0.5, 0.6) is 5.75 Å². The van der Waals surface area contributed by atoms with Crippen molar-refractivity contribution in [3.8, 4) is 11.4 Å². The van der Waals surface area contributed by atoms with Gasteiger partial charge >= 0.3 is 6.09 Å². The van der Waals surface area contributed by atoms with E-state index in [2.05, 4.69) is 49.4 Å². The maximum atomic E-state index is 13.1. The highest BCUT2D eigenvalue weighted by molar-refractivity contribution is 5.87. The Balaban J connectivity index is 1.22. The Morgan fingerprint density at radius 1 is 1.05 bits per heavy atom. The Bertz CT molecular complexity index is 1670. The van der Waals surface area contributed by atoms with E-state index in [1.54, 1.807) is 21.7 Å². The van der Waals surface area contributed by atoms with E-state index < -0.39 is 6.09 Å². The van der Waals surface area contributed by atoms with Gasteiger partial charge in [0.2, 0.25) is 0 Å². The predicted octanol–water partition coefficient (Wildman–Crippen LogP) is 5.82. The third-order valence-corrected chi connectivity index (χ3v) is 9.17. The molecule has 220 valence electrons. The zero-order valence-corrected chi connectivity index (χ0v) is 24.9. The van der Waals surface area contributed by atoms with E-state index in [0.717, 1.165) is 49.1 Å². The number of hydrogen-bond acceptors (Lipinski definition) is 4. The fourth-order valence-corrected chi connectivity index (χ4v) is 6.88. The molecular weight excluding hydrogens is 528 g/mol. The number of nitrogens with zero attached hydrogens (tertiary/aromatic N) is 4. The summed E-state index contributed by atoms with van der Waals surface area (Å²) in [5.74, 6) is 0.554. The van der Waals surface area contributed by atoms with Crippen LogP contribution >= 0.6 is 0 Å². The number of piperidine rings is 1. The van der Waals surface area contributed by atoms with Crippen LogP contribution in [-0.4, -0.2) is 55.3 Å². The van der Waals surface area contributed by atoms with Crippen molar-refractivity contribution in [2.24, 2.45) is 12.5 Å². The lowest BCUT2D eigenvalue weighted by Gasteiger charge is -2.48. The minimum Gasteiger partial charge on any atom is -0.489 e. The van der Waals surface area contributed by atoms with Gasteiger partial charge in [-0.1, -0.05) is 57.2 Å². The van der Waals surface area contributed by atoms with Crippen LogP contribution in [0.15, 0.2) is 71.7 Å². The molecule has 0 bridgehead atoms.